The average Bonchev–Trinajstić information content (AvgIpc) is 2.90. The molecule has 1 amide bonds. The standard InChI is InChI=1S/C14H14ClN3O2/c15-9-2-4-13(19)12(6-9)18-14(20)8-1-3-10-11(5-8)17-7-16-10/h2,4,6-8,19H,1,3,5H2,(H,16,17)(H,18,20). The average molecular weight is 292 g/mol. The summed E-state index contributed by atoms with van der Waals surface area (Å²) < 4.78 is 0. The van der Waals surface area contributed by atoms with Crippen molar-refractivity contribution < 1.29 is 9.90 Å². The van der Waals surface area contributed by atoms with Crippen molar-refractivity contribution in [1.82, 2.24) is 9.97 Å². The van der Waals surface area contributed by atoms with Gasteiger partial charge in [-0.1, -0.05) is 11.6 Å². The molecule has 0 fully saturated rings. The van der Waals surface area contributed by atoms with Gasteiger partial charge in [0.25, 0.3) is 0 Å². The zero-order valence-electron chi connectivity index (χ0n) is 10.7. The minimum atomic E-state index is -0.124. The predicted octanol–water partition coefficient (Wildman–Crippen LogP) is 2.51. The lowest BCUT2D eigenvalue weighted by atomic mass is 9.89. The predicted molar refractivity (Wildman–Crippen MR) is 75.8 cm³/mol. The van der Waals surface area contributed by atoms with Crippen LogP contribution in [0.1, 0.15) is 17.8 Å². The Labute approximate surface area is 121 Å². The fourth-order valence-corrected chi connectivity index (χ4v) is 2.64. The minimum absolute atomic E-state index is 0.0146. The second-order valence-corrected chi connectivity index (χ2v) is 5.35. The second kappa shape index (κ2) is 5.17. The number of aromatic hydroxyl groups is 1. The Balaban J connectivity index is 1.73. The first kappa shape index (κ1) is 13.0. The van der Waals surface area contributed by atoms with Crippen LogP contribution in [0.15, 0.2) is 24.5 Å². The molecule has 1 atom stereocenters. The van der Waals surface area contributed by atoms with Gasteiger partial charge >= 0.3 is 0 Å². The number of phenolic OH excluding ortho intramolecular Hbond substituents is 1. The molecule has 0 saturated carbocycles. The summed E-state index contributed by atoms with van der Waals surface area (Å²) in [6.45, 7) is 0. The number of amides is 1. The zero-order chi connectivity index (χ0) is 14.1. The second-order valence-electron chi connectivity index (χ2n) is 4.92. The van der Waals surface area contributed by atoms with Crippen LogP contribution in [-0.4, -0.2) is 21.0 Å². The van der Waals surface area contributed by atoms with Crippen LogP contribution in [0.5, 0.6) is 5.75 Å². The van der Waals surface area contributed by atoms with Gasteiger partial charge in [-0.2, -0.15) is 0 Å². The van der Waals surface area contributed by atoms with Crippen molar-refractivity contribution in [2.75, 3.05) is 5.32 Å². The van der Waals surface area contributed by atoms with Gasteiger partial charge in [0.1, 0.15) is 5.75 Å². The molecule has 1 unspecified atom stereocenters. The molecular formula is C14H14ClN3O2. The number of aromatic nitrogens is 2. The number of benzene rings is 1. The number of aryl methyl sites for hydroxylation is 1. The Morgan fingerprint density at radius 3 is 3.20 bits per heavy atom. The number of nitrogens with one attached hydrogen (secondary N) is 2. The molecule has 1 aliphatic carbocycles. The molecule has 20 heavy (non-hydrogen) atoms. The third kappa shape index (κ3) is 2.49. The van der Waals surface area contributed by atoms with Crippen LogP contribution in [0.25, 0.3) is 0 Å². The van der Waals surface area contributed by atoms with E-state index in [4.69, 9.17) is 11.6 Å². The van der Waals surface area contributed by atoms with Gasteiger partial charge in [0.2, 0.25) is 5.91 Å². The first-order valence-electron chi connectivity index (χ1n) is 6.44. The highest BCUT2D eigenvalue weighted by molar-refractivity contribution is 6.31. The Hall–Kier alpha value is -2.01. The van der Waals surface area contributed by atoms with Gasteiger partial charge in [0.05, 0.1) is 17.7 Å². The van der Waals surface area contributed by atoms with Gasteiger partial charge in [-0.3, -0.25) is 4.79 Å². The molecule has 6 heteroatoms. The van der Waals surface area contributed by atoms with E-state index in [1.54, 1.807) is 18.5 Å². The third-order valence-electron chi connectivity index (χ3n) is 3.57. The molecule has 2 aromatic rings. The minimum Gasteiger partial charge on any atom is -0.506 e. The van der Waals surface area contributed by atoms with E-state index >= 15 is 0 Å². The van der Waals surface area contributed by atoms with Crippen molar-refractivity contribution >= 4 is 23.2 Å². The van der Waals surface area contributed by atoms with Gasteiger partial charge in [0, 0.05) is 23.1 Å². The van der Waals surface area contributed by atoms with Crippen molar-refractivity contribution in [2.24, 2.45) is 5.92 Å². The summed E-state index contributed by atoms with van der Waals surface area (Å²) in [4.78, 5) is 19.5. The molecule has 0 spiro atoms. The van der Waals surface area contributed by atoms with Crippen LogP contribution in [0.3, 0.4) is 0 Å². The summed E-state index contributed by atoms with van der Waals surface area (Å²) in [5.74, 6) is -0.218. The molecule has 1 aromatic heterocycles. The van der Waals surface area contributed by atoms with Crippen molar-refractivity contribution in [2.45, 2.75) is 19.3 Å². The van der Waals surface area contributed by atoms with Crippen LogP contribution in [0.4, 0.5) is 5.69 Å². The fourth-order valence-electron chi connectivity index (χ4n) is 2.47. The van der Waals surface area contributed by atoms with Crippen LogP contribution in [-0.2, 0) is 17.6 Å². The van der Waals surface area contributed by atoms with Crippen LogP contribution in [0, 0.1) is 5.92 Å². The van der Waals surface area contributed by atoms with Crippen molar-refractivity contribution in [3.63, 3.8) is 0 Å². The summed E-state index contributed by atoms with van der Waals surface area (Å²) in [7, 11) is 0. The van der Waals surface area contributed by atoms with Crippen molar-refractivity contribution in [3.05, 3.63) is 40.9 Å². The number of rotatable bonds is 2. The number of hydrogen-bond donors (Lipinski definition) is 3. The first-order chi connectivity index (χ1) is 9.63. The number of aromatic amines is 1. The Morgan fingerprint density at radius 1 is 1.50 bits per heavy atom. The number of hydrogen-bond acceptors (Lipinski definition) is 3. The number of phenols is 1. The quantitative estimate of drug-likeness (QED) is 0.744. The molecule has 3 rings (SSSR count). The number of anilines is 1. The largest absolute Gasteiger partial charge is 0.506 e. The number of fused-ring (bicyclic) bond motifs is 1. The monoisotopic (exact) mass is 291 g/mol. The van der Waals surface area contributed by atoms with Gasteiger partial charge in [-0.25, -0.2) is 4.98 Å². The smallest absolute Gasteiger partial charge is 0.227 e. The van der Waals surface area contributed by atoms with Crippen molar-refractivity contribution in [1.29, 1.82) is 0 Å². The molecule has 1 heterocycles. The number of imidazole rings is 1. The molecule has 0 aliphatic heterocycles. The maximum Gasteiger partial charge on any atom is 0.227 e. The van der Waals surface area contributed by atoms with E-state index in [2.05, 4.69) is 15.3 Å². The number of carbonyl (C=O) groups excluding carboxylic acids is 1. The Kier molecular flexibility index (Phi) is 3.36. The Morgan fingerprint density at radius 2 is 2.35 bits per heavy atom. The van der Waals surface area contributed by atoms with E-state index in [0.717, 1.165) is 24.2 Å². The first-order valence-corrected chi connectivity index (χ1v) is 6.82. The highest BCUT2D eigenvalue weighted by Gasteiger charge is 2.26. The van der Waals surface area contributed by atoms with Crippen molar-refractivity contribution in [3.8, 4) is 5.75 Å². The lowest BCUT2D eigenvalue weighted by molar-refractivity contribution is -0.120. The number of halogens is 1. The van der Waals surface area contributed by atoms with Crippen LogP contribution >= 0.6 is 11.6 Å². The van der Waals surface area contributed by atoms with E-state index in [1.807, 2.05) is 0 Å². The molecule has 1 aromatic carbocycles. The van der Waals surface area contributed by atoms with Gasteiger partial charge in [0.15, 0.2) is 0 Å². The lowest BCUT2D eigenvalue weighted by Crippen LogP contribution is -2.28. The van der Waals surface area contributed by atoms with E-state index in [-0.39, 0.29) is 17.6 Å². The van der Waals surface area contributed by atoms with Gasteiger partial charge < -0.3 is 15.4 Å². The zero-order valence-corrected chi connectivity index (χ0v) is 11.4. The highest BCUT2D eigenvalue weighted by atomic mass is 35.5. The number of carbonyl (C=O) groups is 1. The lowest BCUT2D eigenvalue weighted by Gasteiger charge is -2.21. The van der Waals surface area contributed by atoms with E-state index in [9.17, 15) is 9.90 Å². The molecule has 3 N–H and O–H groups in total. The van der Waals surface area contributed by atoms with Crippen LogP contribution < -0.4 is 5.32 Å². The number of H-pyrrole nitrogens is 1. The van der Waals surface area contributed by atoms with Gasteiger partial charge in [-0.15, -0.1) is 0 Å². The molecule has 0 saturated heterocycles. The molecule has 5 nitrogen and oxygen atoms in total. The molecule has 104 valence electrons. The molecular weight excluding hydrogens is 278 g/mol. The molecule has 0 radical (unpaired) electrons. The summed E-state index contributed by atoms with van der Waals surface area (Å²) in [5.41, 5.74) is 2.41. The summed E-state index contributed by atoms with van der Waals surface area (Å²) in [5, 5.41) is 12.9. The number of nitrogens with zero attached hydrogens (tertiary/aromatic N) is 1. The summed E-state index contributed by atoms with van der Waals surface area (Å²) >= 11 is 5.86. The highest BCUT2D eigenvalue weighted by Crippen LogP contribution is 2.29. The maximum atomic E-state index is 12.3. The van der Waals surface area contributed by atoms with Crippen LogP contribution in [0.2, 0.25) is 5.02 Å². The summed E-state index contributed by atoms with van der Waals surface area (Å²) in [6, 6.07) is 4.58. The SMILES string of the molecule is O=C(Nc1cc(Cl)ccc1O)C1CCc2nc[nH]c2C1. The normalized spacial score (nSPS) is 17.6. The molecule has 1 aliphatic rings. The molecule has 0 bridgehead atoms. The van der Waals surface area contributed by atoms with E-state index < -0.39 is 0 Å². The van der Waals surface area contributed by atoms with Gasteiger partial charge in [-0.05, 0) is 31.0 Å². The fraction of sp³-hybridized carbons (Fsp3) is 0.286. The topological polar surface area (TPSA) is 78.0 Å². The third-order valence-corrected chi connectivity index (χ3v) is 3.81. The maximum absolute atomic E-state index is 12.3. The van der Waals surface area contributed by atoms with E-state index in [0.29, 0.717) is 17.1 Å². The van der Waals surface area contributed by atoms with E-state index in [1.165, 1.54) is 6.07 Å². The Bertz CT molecular complexity index is 654. The summed E-state index contributed by atoms with van der Waals surface area (Å²) in [6.07, 6.45) is 3.85.